The summed E-state index contributed by atoms with van der Waals surface area (Å²) in [6.07, 6.45) is 1.90. The Bertz CT molecular complexity index is 550. The van der Waals surface area contributed by atoms with Crippen LogP contribution in [-0.2, 0) is 19.6 Å². The Morgan fingerprint density at radius 2 is 2.19 bits per heavy atom. The second-order valence-corrected chi connectivity index (χ2v) is 6.66. The molecule has 2 atom stereocenters. The van der Waals surface area contributed by atoms with Gasteiger partial charge in [-0.15, -0.1) is 0 Å². The van der Waals surface area contributed by atoms with Crippen molar-refractivity contribution in [2.24, 2.45) is 0 Å². The van der Waals surface area contributed by atoms with Crippen LogP contribution in [0.25, 0.3) is 0 Å². The number of hydrogen-bond acceptors (Lipinski definition) is 5. The molecule has 0 amide bonds. The fraction of sp³-hybridized carbons (Fsp3) is 0.571. The molecule has 1 aliphatic heterocycles. The first-order valence-corrected chi connectivity index (χ1v) is 8.56. The zero-order valence-corrected chi connectivity index (χ0v) is 12.5. The summed E-state index contributed by atoms with van der Waals surface area (Å²) < 4.78 is 42.1. The lowest BCUT2D eigenvalue weighted by molar-refractivity contribution is -0.190. The monoisotopic (exact) mass is 316 g/mol. The molecule has 118 valence electrons. The van der Waals surface area contributed by atoms with E-state index >= 15 is 0 Å². The van der Waals surface area contributed by atoms with Crippen LogP contribution in [0.15, 0.2) is 24.3 Å². The predicted octanol–water partition coefficient (Wildman–Crippen LogP) is 2.25. The highest BCUT2D eigenvalue weighted by Crippen LogP contribution is 2.28. The van der Waals surface area contributed by atoms with Gasteiger partial charge in [0.05, 0.1) is 11.9 Å². The van der Waals surface area contributed by atoms with Crippen LogP contribution in [0.2, 0.25) is 0 Å². The molecule has 2 unspecified atom stereocenters. The quantitative estimate of drug-likeness (QED) is 0.782. The summed E-state index contributed by atoms with van der Waals surface area (Å²) >= 11 is 0. The van der Waals surface area contributed by atoms with Gasteiger partial charge in [0.1, 0.15) is 5.75 Å². The summed E-state index contributed by atoms with van der Waals surface area (Å²) in [5.74, 6) is -0.322. The minimum atomic E-state index is -4.06. The Morgan fingerprint density at radius 1 is 1.38 bits per heavy atom. The molecule has 2 rings (SSSR count). The van der Waals surface area contributed by atoms with E-state index in [1.807, 2.05) is 0 Å². The first-order valence-electron chi connectivity index (χ1n) is 6.95. The van der Waals surface area contributed by atoms with Crippen molar-refractivity contribution in [2.75, 3.05) is 12.4 Å². The Morgan fingerprint density at radius 3 is 2.81 bits per heavy atom. The topological polar surface area (TPSA) is 93.1 Å². The molecule has 0 aliphatic carbocycles. The summed E-state index contributed by atoms with van der Waals surface area (Å²) in [6.45, 7) is 0.621. The van der Waals surface area contributed by atoms with Gasteiger partial charge in [0, 0.05) is 6.61 Å². The predicted molar refractivity (Wildman–Crippen MR) is 76.6 cm³/mol. The van der Waals surface area contributed by atoms with E-state index in [1.54, 1.807) is 12.1 Å². The van der Waals surface area contributed by atoms with E-state index in [1.165, 1.54) is 12.1 Å². The van der Waals surface area contributed by atoms with E-state index in [2.05, 4.69) is 0 Å². The van der Waals surface area contributed by atoms with Crippen LogP contribution in [0.5, 0.6) is 5.75 Å². The fourth-order valence-electron chi connectivity index (χ4n) is 2.30. The Kier molecular flexibility index (Phi) is 5.58. The summed E-state index contributed by atoms with van der Waals surface area (Å²) in [5.41, 5.74) is 0.660. The lowest BCUT2D eigenvalue weighted by atomic mass is 10.1. The standard InChI is InChI=1S/C14H20O6S/c15-12-5-3-4-11(10-12)13(7-9-21(16,17)18)20-14-6-1-2-8-19-14/h3-5,10,13-15H,1-2,6-9H2,(H,16,17,18). The van der Waals surface area contributed by atoms with Gasteiger partial charge in [-0.05, 0) is 43.4 Å². The van der Waals surface area contributed by atoms with Gasteiger partial charge in [-0.3, -0.25) is 4.55 Å². The van der Waals surface area contributed by atoms with Crippen molar-refractivity contribution in [3.63, 3.8) is 0 Å². The molecule has 1 aliphatic rings. The lowest BCUT2D eigenvalue weighted by Crippen LogP contribution is -2.25. The number of rotatable bonds is 6. The van der Waals surface area contributed by atoms with E-state index in [-0.39, 0.29) is 18.5 Å². The maximum absolute atomic E-state index is 10.9. The molecule has 6 nitrogen and oxygen atoms in total. The summed E-state index contributed by atoms with van der Waals surface area (Å²) in [7, 11) is -4.06. The molecule has 1 saturated heterocycles. The number of ether oxygens (including phenoxy) is 2. The first-order chi connectivity index (χ1) is 9.94. The molecule has 1 fully saturated rings. The highest BCUT2D eigenvalue weighted by Gasteiger charge is 2.23. The van der Waals surface area contributed by atoms with Gasteiger partial charge < -0.3 is 14.6 Å². The zero-order valence-electron chi connectivity index (χ0n) is 11.6. The van der Waals surface area contributed by atoms with Crippen molar-refractivity contribution in [2.45, 2.75) is 38.1 Å². The van der Waals surface area contributed by atoms with Gasteiger partial charge >= 0.3 is 0 Å². The second-order valence-electron chi connectivity index (χ2n) is 5.09. The van der Waals surface area contributed by atoms with Crippen LogP contribution in [0, 0.1) is 0 Å². The van der Waals surface area contributed by atoms with Crippen LogP contribution in [0.4, 0.5) is 0 Å². The molecule has 2 N–H and O–H groups in total. The first kappa shape index (κ1) is 16.2. The van der Waals surface area contributed by atoms with Crippen molar-refractivity contribution < 1.29 is 27.6 Å². The minimum Gasteiger partial charge on any atom is -0.508 e. The van der Waals surface area contributed by atoms with E-state index in [0.29, 0.717) is 12.2 Å². The molecule has 0 saturated carbocycles. The second kappa shape index (κ2) is 7.22. The van der Waals surface area contributed by atoms with E-state index < -0.39 is 22.0 Å². The summed E-state index contributed by atoms with van der Waals surface area (Å²) in [6, 6.07) is 6.46. The maximum Gasteiger partial charge on any atom is 0.264 e. The molecule has 21 heavy (non-hydrogen) atoms. The van der Waals surface area contributed by atoms with Crippen LogP contribution < -0.4 is 0 Å². The molecular formula is C14H20O6S. The third-order valence-electron chi connectivity index (χ3n) is 3.33. The van der Waals surface area contributed by atoms with E-state index in [4.69, 9.17) is 14.0 Å². The van der Waals surface area contributed by atoms with Gasteiger partial charge in [0.2, 0.25) is 0 Å². The minimum absolute atomic E-state index is 0.0810. The van der Waals surface area contributed by atoms with Crippen molar-refractivity contribution >= 4 is 10.1 Å². The Labute approximate surface area is 124 Å². The van der Waals surface area contributed by atoms with Gasteiger partial charge in [-0.1, -0.05) is 12.1 Å². The zero-order chi connectivity index (χ0) is 15.3. The van der Waals surface area contributed by atoms with Crippen LogP contribution in [0.3, 0.4) is 0 Å². The fourth-order valence-corrected chi connectivity index (χ4v) is 2.81. The highest BCUT2D eigenvalue weighted by molar-refractivity contribution is 7.85. The number of benzene rings is 1. The Hall–Kier alpha value is -1.15. The number of hydrogen-bond donors (Lipinski definition) is 2. The molecule has 0 spiro atoms. The van der Waals surface area contributed by atoms with Crippen LogP contribution in [-0.4, -0.2) is 36.7 Å². The number of phenols is 1. The lowest BCUT2D eigenvalue weighted by Gasteiger charge is -2.28. The molecule has 1 aromatic carbocycles. The van der Waals surface area contributed by atoms with E-state index in [9.17, 15) is 13.5 Å². The molecule has 1 aromatic rings. The molecule has 0 bridgehead atoms. The van der Waals surface area contributed by atoms with Crippen LogP contribution >= 0.6 is 0 Å². The van der Waals surface area contributed by atoms with E-state index in [0.717, 1.165) is 19.3 Å². The Balaban J connectivity index is 2.09. The van der Waals surface area contributed by atoms with Gasteiger partial charge in [-0.25, -0.2) is 0 Å². The van der Waals surface area contributed by atoms with Crippen molar-refractivity contribution in [3.8, 4) is 5.75 Å². The number of aromatic hydroxyl groups is 1. The summed E-state index contributed by atoms with van der Waals surface area (Å²) in [5, 5.41) is 9.54. The molecule has 0 aromatic heterocycles. The molecular weight excluding hydrogens is 296 g/mol. The average Bonchev–Trinajstić information content (AvgIpc) is 2.43. The normalized spacial score (nSPS) is 21.1. The maximum atomic E-state index is 10.9. The summed E-state index contributed by atoms with van der Waals surface area (Å²) in [4.78, 5) is 0. The average molecular weight is 316 g/mol. The largest absolute Gasteiger partial charge is 0.508 e. The van der Waals surface area contributed by atoms with Crippen molar-refractivity contribution in [3.05, 3.63) is 29.8 Å². The SMILES string of the molecule is O=S(=O)(O)CCC(OC1CCCCO1)c1cccc(O)c1. The highest BCUT2D eigenvalue weighted by atomic mass is 32.2. The van der Waals surface area contributed by atoms with Gasteiger partial charge in [-0.2, -0.15) is 8.42 Å². The third-order valence-corrected chi connectivity index (χ3v) is 4.09. The van der Waals surface area contributed by atoms with Crippen LogP contribution in [0.1, 0.15) is 37.4 Å². The third kappa shape index (κ3) is 5.62. The number of phenolic OH excluding ortho intramolecular Hbond substituents is 1. The van der Waals surface area contributed by atoms with Gasteiger partial charge in [0.15, 0.2) is 6.29 Å². The smallest absolute Gasteiger partial charge is 0.264 e. The van der Waals surface area contributed by atoms with Crippen molar-refractivity contribution in [1.82, 2.24) is 0 Å². The van der Waals surface area contributed by atoms with Crippen molar-refractivity contribution in [1.29, 1.82) is 0 Å². The molecule has 0 radical (unpaired) electrons. The molecule has 7 heteroatoms. The molecule has 1 heterocycles. The van der Waals surface area contributed by atoms with Gasteiger partial charge in [0.25, 0.3) is 10.1 Å².